The number of isothiocyanates is 1. The van der Waals surface area contributed by atoms with Crippen molar-refractivity contribution in [1.29, 1.82) is 0 Å². The average molecular weight is 394 g/mol. The summed E-state index contributed by atoms with van der Waals surface area (Å²) in [6.07, 6.45) is 10.6. The number of halogens is 1. The highest BCUT2D eigenvalue weighted by atomic mass is 32.1. The summed E-state index contributed by atoms with van der Waals surface area (Å²) in [7, 11) is 0. The highest BCUT2D eigenvalue weighted by Crippen LogP contribution is 2.37. The van der Waals surface area contributed by atoms with Crippen molar-refractivity contribution in [2.75, 3.05) is 0 Å². The van der Waals surface area contributed by atoms with Gasteiger partial charge in [-0.25, -0.2) is 4.98 Å². The molecule has 3 rings (SSSR count). The van der Waals surface area contributed by atoms with Gasteiger partial charge >= 0.3 is 0 Å². The fraction of sp³-hybridized carbons (Fsp3) is 0.435. The molecule has 1 heterocycles. The number of benzene rings is 1. The first kappa shape index (κ1) is 20.3. The van der Waals surface area contributed by atoms with Crippen LogP contribution in [0, 0.1) is 23.7 Å². The first-order valence-corrected chi connectivity index (χ1v) is 10.3. The summed E-state index contributed by atoms with van der Waals surface area (Å²) in [5, 5.41) is 2.14. The Morgan fingerprint density at radius 2 is 1.89 bits per heavy atom. The van der Waals surface area contributed by atoms with Crippen LogP contribution in [0.2, 0.25) is 0 Å². The molecule has 0 unspecified atom stereocenters. The third-order valence-corrected chi connectivity index (χ3v) is 5.49. The van der Waals surface area contributed by atoms with Crippen LogP contribution in [0.25, 0.3) is 0 Å². The van der Waals surface area contributed by atoms with Crippen molar-refractivity contribution in [3.8, 4) is 11.8 Å². The number of thiocarbonyl (C=S) groups is 1. The number of rotatable bonds is 5. The molecule has 1 fully saturated rings. The Hall–Kier alpha value is -2.41. The lowest BCUT2D eigenvalue weighted by Crippen LogP contribution is -2.13. The third kappa shape index (κ3) is 5.55. The molecule has 144 valence electrons. The minimum Gasteiger partial charge on any atom is -0.239 e. The predicted octanol–water partition coefficient (Wildman–Crippen LogP) is 6.21. The Bertz CT molecular complexity index is 900. The second-order valence-electron chi connectivity index (χ2n) is 7.30. The van der Waals surface area contributed by atoms with E-state index in [0.717, 1.165) is 11.5 Å². The lowest BCUT2D eigenvalue weighted by molar-refractivity contribution is 0.304. The van der Waals surface area contributed by atoms with Gasteiger partial charge in [0.1, 0.15) is 0 Å². The molecule has 0 saturated heterocycles. The monoisotopic (exact) mass is 393 g/mol. The number of aliphatic imine (C=N–C) groups is 1. The van der Waals surface area contributed by atoms with Gasteiger partial charge in [0.25, 0.3) is 0 Å². The summed E-state index contributed by atoms with van der Waals surface area (Å²) < 4.78 is 13.9. The molecule has 0 aliphatic heterocycles. The van der Waals surface area contributed by atoms with Gasteiger partial charge in [-0.05, 0) is 73.4 Å². The van der Waals surface area contributed by atoms with E-state index in [1.54, 1.807) is 0 Å². The Kier molecular flexibility index (Phi) is 7.42. The number of unbranched alkanes of at least 4 members (excludes halogenated alkanes) is 1. The molecule has 0 radical (unpaired) electrons. The minimum absolute atomic E-state index is 0.00204. The van der Waals surface area contributed by atoms with Crippen LogP contribution in [0.5, 0.6) is 0 Å². The zero-order valence-corrected chi connectivity index (χ0v) is 16.9. The quantitative estimate of drug-likeness (QED) is 0.344. The van der Waals surface area contributed by atoms with E-state index < -0.39 is 5.95 Å². The molecule has 1 aliphatic rings. The van der Waals surface area contributed by atoms with Crippen LogP contribution in [-0.2, 0) is 0 Å². The topological polar surface area (TPSA) is 38.1 Å². The Balaban J connectivity index is 1.61. The van der Waals surface area contributed by atoms with Gasteiger partial charge in [-0.2, -0.15) is 14.4 Å². The molecular formula is C23H24FN3S. The van der Waals surface area contributed by atoms with Gasteiger partial charge in [0, 0.05) is 5.56 Å². The van der Waals surface area contributed by atoms with Crippen LogP contribution in [-0.4, -0.2) is 15.1 Å². The van der Waals surface area contributed by atoms with Crippen LogP contribution in [0.4, 0.5) is 10.2 Å². The summed E-state index contributed by atoms with van der Waals surface area (Å²) in [6.45, 7) is 2.27. The second kappa shape index (κ2) is 10.2. The molecule has 1 aliphatic carbocycles. The van der Waals surface area contributed by atoms with Crippen LogP contribution in [0.15, 0.2) is 35.5 Å². The van der Waals surface area contributed by atoms with Crippen molar-refractivity contribution in [3.05, 3.63) is 53.2 Å². The number of hydrogen-bond donors (Lipinski definition) is 0. The number of aromatic nitrogens is 2. The lowest BCUT2D eigenvalue weighted by atomic mass is 9.77. The lowest BCUT2D eigenvalue weighted by Gasteiger charge is -2.28. The molecule has 0 bridgehead atoms. The van der Waals surface area contributed by atoms with Gasteiger partial charge in [-0.15, -0.1) is 0 Å². The summed E-state index contributed by atoms with van der Waals surface area (Å²) in [6, 6.07) is 8.31. The normalized spacial score (nSPS) is 18.6. The fourth-order valence-corrected chi connectivity index (χ4v) is 3.88. The summed E-state index contributed by atoms with van der Waals surface area (Å²) in [5.41, 5.74) is 2.22. The number of hydrogen-bond acceptors (Lipinski definition) is 4. The van der Waals surface area contributed by atoms with Gasteiger partial charge < -0.3 is 0 Å². The maximum Gasteiger partial charge on any atom is 0.249 e. The molecule has 0 N–H and O–H groups in total. The molecule has 1 aromatic heterocycles. The van der Waals surface area contributed by atoms with Gasteiger partial charge in [-0.1, -0.05) is 44.2 Å². The van der Waals surface area contributed by atoms with Gasteiger partial charge in [0.2, 0.25) is 5.95 Å². The Morgan fingerprint density at radius 1 is 1.14 bits per heavy atom. The molecule has 0 spiro atoms. The van der Waals surface area contributed by atoms with Crippen molar-refractivity contribution in [2.45, 2.75) is 57.8 Å². The smallest absolute Gasteiger partial charge is 0.239 e. The average Bonchev–Trinajstić information content (AvgIpc) is 2.73. The van der Waals surface area contributed by atoms with E-state index in [1.165, 1.54) is 56.7 Å². The molecule has 3 nitrogen and oxygen atoms in total. The van der Waals surface area contributed by atoms with Gasteiger partial charge in [-0.3, -0.25) is 0 Å². The van der Waals surface area contributed by atoms with Crippen LogP contribution in [0.3, 0.4) is 0 Å². The van der Waals surface area contributed by atoms with Crippen molar-refractivity contribution in [1.82, 2.24) is 9.97 Å². The van der Waals surface area contributed by atoms with Crippen molar-refractivity contribution in [2.24, 2.45) is 10.9 Å². The molecule has 5 heteroatoms. The van der Waals surface area contributed by atoms with E-state index in [9.17, 15) is 4.39 Å². The van der Waals surface area contributed by atoms with E-state index in [4.69, 9.17) is 0 Å². The molecule has 0 atom stereocenters. The van der Waals surface area contributed by atoms with Crippen LogP contribution < -0.4 is 0 Å². The standard InChI is InChI=1S/C23H24FN3S/c1-2-3-4-17-5-10-19(11-6-17)20-12-7-18(8-13-20)9-14-21-23(24)27-22(15-25-21)26-16-28/h7-8,12-13,15,17,19H,2-6,10-11H2,1H3. The first-order valence-electron chi connectivity index (χ1n) is 9.92. The molecule has 28 heavy (non-hydrogen) atoms. The summed E-state index contributed by atoms with van der Waals surface area (Å²) in [4.78, 5) is 11.2. The van der Waals surface area contributed by atoms with Crippen molar-refractivity contribution in [3.63, 3.8) is 0 Å². The second-order valence-corrected chi connectivity index (χ2v) is 7.49. The van der Waals surface area contributed by atoms with Crippen molar-refractivity contribution >= 4 is 23.2 Å². The minimum atomic E-state index is -0.754. The zero-order chi connectivity index (χ0) is 19.8. The molecular weight excluding hydrogens is 369 g/mol. The molecule has 1 aromatic carbocycles. The van der Waals surface area contributed by atoms with Crippen LogP contribution >= 0.6 is 12.2 Å². The fourth-order valence-electron chi connectivity index (χ4n) is 3.79. The third-order valence-electron chi connectivity index (χ3n) is 5.40. The highest BCUT2D eigenvalue weighted by molar-refractivity contribution is 7.78. The highest BCUT2D eigenvalue weighted by Gasteiger charge is 2.21. The maximum atomic E-state index is 13.9. The molecule has 1 saturated carbocycles. The van der Waals surface area contributed by atoms with Crippen molar-refractivity contribution < 1.29 is 4.39 Å². The molecule has 2 aromatic rings. The number of nitrogens with zero attached hydrogens (tertiary/aromatic N) is 3. The predicted molar refractivity (Wildman–Crippen MR) is 113 cm³/mol. The molecule has 0 amide bonds. The summed E-state index contributed by atoms with van der Waals surface area (Å²) >= 11 is 4.47. The SMILES string of the molecule is CCCCC1CCC(c2ccc(C#Cc3ncc(N=C=S)nc3F)cc2)CC1. The van der Waals surface area contributed by atoms with Gasteiger partial charge in [0.05, 0.1) is 11.4 Å². The zero-order valence-electron chi connectivity index (χ0n) is 16.1. The van der Waals surface area contributed by atoms with Gasteiger partial charge in [0.15, 0.2) is 11.5 Å². The first-order chi connectivity index (χ1) is 13.7. The summed E-state index contributed by atoms with van der Waals surface area (Å²) in [5.74, 6) is 6.59. The largest absolute Gasteiger partial charge is 0.249 e. The van der Waals surface area contributed by atoms with E-state index in [-0.39, 0.29) is 11.5 Å². The Labute approximate surface area is 171 Å². The van der Waals surface area contributed by atoms with E-state index in [0.29, 0.717) is 5.92 Å². The van der Waals surface area contributed by atoms with E-state index in [2.05, 4.69) is 63.2 Å². The maximum absolute atomic E-state index is 13.9. The van der Waals surface area contributed by atoms with E-state index >= 15 is 0 Å². The van der Waals surface area contributed by atoms with Crippen LogP contribution in [0.1, 0.15) is 74.6 Å². The Morgan fingerprint density at radius 3 is 2.54 bits per heavy atom. The van der Waals surface area contributed by atoms with E-state index in [1.807, 2.05) is 12.1 Å².